The van der Waals surface area contributed by atoms with Gasteiger partial charge in [0.25, 0.3) is 0 Å². The first-order valence-corrected chi connectivity index (χ1v) is 10.9. The zero-order chi connectivity index (χ0) is 22.5. The van der Waals surface area contributed by atoms with Gasteiger partial charge in [-0.15, -0.1) is 0 Å². The molecule has 0 atom stereocenters. The lowest BCUT2D eigenvalue weighted by Gasteiger charge is -2.33. The average molecular weight is 455 g/mol. The van der Waals surface area contributed by atoms with E-state index in [4.69, 9.17) is 16.6 Å². The molecule has 3 aromatic rings. The summed E-state index contributed by atoms with van der Waals surface area (Å²) >= 11 is 6.42. The van der Waals surface area contributed by atoms with Gasteiger partial charge in [-0.2, -0.15) is 0 Å². The van der Waals surface area contributed by atoms with Crippen LogP contribution in [0.25, 0.3) is 22.5 Å². The van der Waals surface area contributed by atoms with Crippen molar-refractivity contribution in [3.05, 3.63) is 59.8 Å². The minimum atomic E-state index is -0.314. The predicted molar refractivity (Wildman–Crippen MR) is 123 cm³/mol. The SMILES string of the molecule is CCNC(=O)NC1CCN(c2cnc(-c3ccc(F)cc3)c(-c3ccncc3Cl)n2)CC1. The number of carbonyl (C=O) groups is 1. The normalized spacial score (nSPS) is 14.3. The Labute approximate surface area is 191 Å². The molecule has 2 aromatic heterocycles. The maximum absolute atomic E-state index is 13.4. The summed E-state index contributed by atoms with van der Waals surface area (Å²) in [5.41, 5.74) is 2.69. The number of carbonyl (C=O) groups excluding carboxylic acids is 1. The van der Waals surface area contributed by atoms with Crippen molar-refractivity contribution in [2.75, 3.05) is 24.5 Å². The van der Waals surface area contributed by atoms with Crippen LogP contribution in [-0.2, 0) is 0 Å². The molecule has 0 radical (unpaired) electrons. The second-order valence-electron chi connectivity index (χ2n) is 7.55. The summed E-state index contributed by atoms with van der Waals surface area (Å²) in [6.07, 6.45) is 6.57. The van der Waals surface area contributed by atoms with E-state index >= 15 is 0 Å². The van der Waals surface area contributed by atoms with Crippen molar-refractivity contribution >= 4 is 23.4 Å². The van der Waals surface area contributed by atoms with Crippen LogP contribution in [0.5, 0.6) is 0 Å². The molecule has 0 saturated carbocycles. The summed E-state index contributed by atoms with van der Waals surface area (Å²) in [5, 5.41) is 6.23. The molecule has 1 saturated heterocycles. The molecule has 1 aromatic carbocycles. The van der Waals surface area contributed by atoms with Crippen molar-refractivity contribution in [1.82, 2.24) is 25.6 Å². The molecule has 166 valence electrons. The number of nitrogens with one attached hydrogen (secondary N) is 2. The number of hydrogen-bond donors (Lipinski definition) is 2. The Morgan fingerprint density at radius 2 is 1.91 bits per heavy atom. The fourth-order valence-electron chi connectivity index (χ4n) is 3.76. The van der Waals surface area contributed by atoms with E-state index in [1.54, 1.807) is 36.8 Å². The van der Waals surface area contributed by atoms with Gasteiger partial charge in [-0.3, -0.25) is 9.97 Å². The fourth-order valence-corrected chi connectivity index (χ4v) is 3.96. The predicted octanol–water partition coefficient (Wildman–Crippen LogP) is 4.29. The van der Waals surface area contributed by atoms with Crippen molar-refractivity contribution in [2.45, 2.75) is 25.8 Å². The molecular weight excluding hydrogens is 431 g/mol. The molecule has 2 N–H and O–H groups in total. The molecule has 0 bridgehead atoms. The van der Waals surface area contributed by atoms with Gasteiger partial charge in [0.05, 0.1) is 16.9 Å². The third kappa shape index (κ3) is 4.96. The standard InChI is InChI=1S/C23H24ClFN6O/c1-2-27-23(32)29-17-8-11-31(12-9-17)20-14-28-21(15-3-5-16(25)6-4-15)22(30-20)18-7-10-26-13-19(18)24/h3-7,10,13-14,17H,2,8-9,11-12H2,1H3,(H2,27,29,32). The van der Waals surface area contributed by atoms with Crippen molar-refractivity contribution in [1.29, 1.82) is 0 Å². The fraction of sp³-hybridized carbons (Fsp3) is 0.304. The summed E-state index contributed by atoms with van der Waals surface area (Å²) in [6.45, 7) is 3.97. The van der Waals surface area contributed by atoms with Gasteiger partial charge < -0.3 is 15.5 Å². The molecular formula is C23H24ClFN6O. The van der Waals surface area contributed by atoms with Gasteiger partial charge in [-0.1, -0.05) is 11.6 Å². The summed E-state index contributed by atoms with van der Waals surface area (Å²) in [5.74, 6) is 0.418. The van der Waals surface area contributed by atoms with Crippen LogP contribution < -0.4 is 15.5 Å². The first kappa shape index (κ1) is 22.0. The minimum absolute atomic E-state index is 0.123. The average Bonchev–Trinajstić information content (AvgIpc) is 2.80. The first-order valence-electron chi connectivity index (χ1n) is 10.6. The molecule has 0 unspecified atom stereocenters. The van der Waals surface area contributed by atoms with Gasteiger partial charge in [0.2, 0.25) is 0 Å². The number of benzene rings is 1. The van der Waals surface area contributed by atoms with Gasteiger partial charge in [0, 0.05) is 49.2 Å². The summed E-state index contributed by atoms with van der Waals surface area (Å²) < 4.78 is 13.4. The topological polar surface area (TPSA) is 83.0 Å². The van der Waals surface area contributed by atoms with Crippen LogP contribution in [-0.4, -0.2) is 46.7 Å². The number of amides is 2. The number of pyridine rings is 1. The summed E-state index contributed by atoms with van der Waals surface area (Å²) in [6, 6.07) is 7.94. The lowest BCUT2D eigenvalue weighted by molar-refractivity contribution is 0.235. The first-order chi connectivity index (χ1) is 15.5. The minimum Gasteiger partial charge on any atom is -0.355 e. The van der Waals surface area contributed by atoms with E-state index < -0.39 is 0 Å². The van der Waals surface area contributed by atoms with Gasteiger partial charge in [-0.25, -0.2) is 14.2 Å². The van der Waals surface area contributed by atoms with E-state index in [2.05, 4.69) is 25.5 Å². The largest absolute Gasteiger partial charge is 0.355 e. The highest BCUT2D eigenvalue weighted by Gasteiger charge is 2.23. The second-order valence-corrected chi connectivity index (χ2v) is 7.96. The zero-order valence-corrected chi connectivity index (χ0v) is 18.4. The molecule has 1 aliphatic rings. The lowest BCUT2D eigenvalue weighted by atomic mass is 10.0. The van der Waals surface area contributed by atoms with Gasteiger partial charge in [-0.05, 0) is 50.1 Å². The molecule has 0 aliphatic carbocycles. The van der Waals surface area contributed by atoms with Gasteiger partial charge >= 0.3 is 6.03 Å². The van der Waals surface area contributed by atoms with Crippen LogP contribution in [0.4, 0.5) is 15.0 Å². The van der Waals surface area contributed by atoms with Gasteiger partial charge in [0.1, 0.15) is 17.3 Å². The van der Waals surface area contributed by atoms with E-state index in [1.165, 1.54) is 12.1 Å². The van der Waals surface area contributed by atoms with Crippen molar-refractivity contribution in [2.24, 2.45) is 0 Å². The number of aromatic nitrogens is 3. The van der Waals surface area contributed by atoms with Gasteiger partial charge in [0.15, 0.2) is 0 Å². The third-order valence-corrected chi connectivity index (χ3v) is 5.70. The highest BCUT2D eigenvalue weighted by Crippen LogP contribution is 2.34. The van der Waals surface area contributed by atoms with E-state index in [1.807, 2.05) is 6.92 Å². The Kier molecular flexibility index (Phi) is 6.80. The Morgan fingerprint density at radius 3 is 2.59 bits per heavy atom. The maximum Gasteiger partial charge on any atom is 0.314 e. The Bertz CT molecular complexity index is 1090. The van der Waals surface area contributed by atoms with Crippen LogP contribution >= 0.6 is 11.6 Å². The maximum atomic E-state index is 13.4. The number of urea groups is 1. The van der Waals surface area contributed by atoms with Crippen LogP contribution in [0.1, 0.15) is 19.8 Å². The summed E-state index contributed by atoms with van der Waals surface area (Å²) in [7, 11) is 0. The van der Waals surface area contributed by atoms with E-state index in [9.17, 15) is 9.18 Å². The Morgan fingerprint density at radius 1 is 1.16 bits per heavy atom. The highest BCUT2D eigenvalue weighted by molar-refractivity contribution is 6.33. The monoisotopic (exact) mass is 454 g/mol. The quantitative estimate of drug-likeness (QED) is 0.601. The molecule has 0 spiro atoms. The molecule has 4 rings (SSSR count). The Balaban J connectivity index is 1.61. The lowest BCUT2D eigenvalue weighted by Crippen LogP contribution is -2.48. The molecule has 1 aliphatic heterocycles. The molecule has 32 heavy (non-hydrogen) atoms. The third-order valence-electron chi connectivity index (χ3n) is 5.40. The molecule has 1 fully saturated rings. The van der Waals surface area contributed by atoms with Crippen LogP contribution in [0.3, 0.4) is 0 Å². The Hall–Kier alpha value is -3.26. The van der Waals surface area contributed by atoms with E-state index in [0.717, 1.165) is 37.3 Å². The molecule has 9 heteroatoms. The number of anilines is 1. The number of halogens is 2. The molecule has 7 nitrogen and oxygen atoms in total. The highest BCUT2D eigenvalue weighted by atomic mass is 35.5. The molecule has 3 heterocycles. The summed E-state index contributed by atoms with van der Waals surface area (Å²) in [4.78, 5) is 27.6. The molecule has 2 amide bonds. The van der Waals surface area contributed by atoms with Crippen molar-refractivity contribution in [3.63, 3.8) is 0 Å². The zero-order valence-electron chi connectivity index (χ0n) is 17.7. The second kappa shape index (κ2) is 9.91. The number of piperidine rings is 1. The van der Waals surface area contributed by atoms with Crippen molar-refractivity contribution in [3.8, 4) is 22.5 Å². The smallest absolute Gasteiger partial charge is 0.314 e. The number of rotatable bonds is 5. The number of hydrogen-bond acceptors (Lipinski definition) is 5. The van der Waals surface area contributed by atoms with Crippen LogP contribution in [0.15, 0.2) is 48.9 Å². The van der Waals surface area contributed by atoms with Crippen molar-refractivity contribution < 1.29 is 9.18 Å². The van der Waals surface area contributed by atoms with E-state index in [0.29, 0.717) is 28.5 Å². The van der Waals surface area contributed by atoms with Crippen LogP contribution in [0.2, 0.25) is 5.02 Å². The van der Waals surface area contributed by atoms with E-state index in [-0.39, 0.29) is 17.9 Å². The van der Waals surface area contributed by atoms with Crippen LogP contribution in [0, 0.1) is 5.82 Å². The number of nitrogens with zero attached hydrogens (tertiary/aromatic N) is 4.